The molecule has 36 heavy (non-hydrogen) atoms. The van der Waals surface area contributed by atoms with E-state index in [1.165, 1.54) is 13.0 Å². The first-order chi connectivity index (χ1) is 17.2. The van der Waals surface area contributed by atoms with Crippen molar-refractivity contribution in [2.24, 2.45) is 0 Å². The third kappa shape index (κ3) is 5.60. The number of carbonyl (C=O) groups excluding carboxylic acids is 2. The zero-order valence-electron chi connectivity index (χ0n) is 19.6. The molecule has 1 saturated heterocycles. The first-order valence-electron chi connectivity index (χ1n) is 11.5. The summed E-state index contributed by atoms with van der Waals surface area (Å²) in [6, 6.07) is 11.6. The van der Waals surface area contributed by atoms with Crippen LogP contribution in [0.2, 0.25) is 0 Å². The standard InChI is InChI=1S/C25H29N3O8/c1-13(29)27-9-8-14-11-28-19-7-6-15(10-17(14)19)35-25-23(32)22(31)21(30)20(36-25)12-34-24(33)16-4-2-3-5-18(16)26/h2-7,10-11,20-23,25,28,30-32H,8-9,12,26H2,1H3,(H,27,29)/t20?,21-,22+,23?,25-/m1/s1. The highest BCUT2D eigenvalue weighted by atomic mass is 16.7. The number of aliphatic hydroxyl groups is 3. The second kappa shape index (κ2) is 11.0. The summed E-state index contributed by atoms with van der Waals surface area (Å²) in [5.41, 5.74) is 7.99. The van der Waals surface area contributed by atoms with Gasteiger partial charge in [0.1, 0.15) is 36.8 Å². The third-order valence-electron chi connectivity index (χ3n) is 5.99. The van der Waals surface area contributed by atoms with Crippen molar-refractivity contribution in [1.29, 1.82) is 0 Å². The molecule has 4 rings (SSSR count). The highest BCUT2D eigenvalue weighted by Gasteiger charge is 2.45. The van der Waals surface area contributed by atoms with E-state index in [1.54, 1.807) is 36.4 Å². The predicted molar refractivity (Wildman–Crippen MR) is 129 cm³/mol. The average molecular weight is 500 g/mol. The van der Waals surface area contributed by atoms with Gasteiger partial charge in [0.15, 0.2) is 0 Å². The summed E-state index contributed by atoms with van der Waals surface area (Å²) < 4.78 is 16.7. The van der Waals surface area contributed by atoms with E-state index in [-0.39, 0.29) is 17.2 Å². The minimum Gasteiger partial charge on any atom is -0.462 e. The van der Waals surface area contributed by atoms with E-state index in [0.29, 0.717) is 18.7 Å². The van der Waals surface area contributed by atoms with Crippen molar-refractivity contribution in [3.8, 4) is 5.75 Å². The molecule has 0 bridgehead atoms. The number of nitrogens with two attached hydrogens (primary N) is 1. The minimum atomic E-state index is -1.60. The van der Waals surface area contributed by atoms with Gasteiger partial charge >= 0.3 is 5.97 Å². The molecule has 3 aromatic rings. The third-order valence-corrected chi connectivity index (χ3v) is 5.99. The number of aliphatic hydroxyl groups excluding tert-OH is 3. The predicted octanol–water partition coefficient (Wildman–Crippen LogP) is 0.472. The number of para-hydroxylation sites is 1. The van der Waals surface area contributed by atoms with E-state index in [4.69, 9.17) is 19.9 Å². The van der Waals surface area contributed by atoms with Crippen LogP contribution in [0.5, 0.6) is 5.75 Å². The lowest BCUT2D eigenvalue weighted by Crippen LogP contribution is -2.60. The molecule has 2 aromatic carbocycles. The fourth-order valence-electron chi connectivity index (χ4n) is 4.02. The second-order valence-electron chi connectivity index (χ2n) is 8.57. The van der Waals surface area contributed by atoms with Crippen molar-refractivity contribution in [3.05, 3.63) is 59.8 Å². The van der Waals surface area contributed by atoms with Crippen LogP contribution in [0, 0.1) is 0 Å². The second-order valence-corrected chi connectivity index (χ2v) is 8.57. The zero-order chi connectivity index (χ0) is 25.8. The first-order valence-corrected chi connectivity index (χ1v) is 11.5. The topological polar surface area (TPSA) is 176 Å². The Morgan fingerprint density at radius 1 is 1.11 bits per heavy atom. The summed E-state index contributed by atoms with van der Waals surface area (Å²) in [5.74, 6) is -0.481. The van der Waals surface area contributed by atoms with Gasteiger partial charge in [-0.25, -0.2) is 4.79 Å². The van der Waals surface area contributed by atoms with Crippen LogP contribution in [0.4, 0.5) is 5.69 Å². The molecule has 0 radical (unpaired) electrons. The molecule has 1 aliphatic rings. The van der Waals surface area contributed by atoms with Crippen molar-refractivity contribution in [2.45, 2.75) is 44.1 Å². The summed E-state index contributed by atoms with van der Waals surface area (Å²) in [6.45, 7) is 1.52. The molecule has 11 nitrogen and oxygen atoms in total. The van der Waals surface area contributed by atoms with Gasteiger partial charge in [0.2, 0.25) is 12.2 Å². The Bertz CT molecular complexity index is 1230. The Balaban J connectivity index is 1.44. The molecule has 2 heterocycles. The maximum Gasteiger partial charge on any atom is 0.340 e. The van der Waals surface area contributed by atoms with E-state index in [1.807, 2.05) is 6.20 Å². The molecule has 1 aliphatic heterocycles. The Labute approximate surface area is 206 Å². The van der Waals surface area contributed by atoms with Crippen LogP contribution in [0.1, 0.15) is 22.8 Å². The highest BCUT2D eigenvalue weighted by Crippen LogP contribution is 2.28. The summed E-state index contributed by atoms with van der Waals surface area (Å²) in [6.07, 6.45) is -4.74. The highest BCUT2D eigenvalue weighted by molar-refractivity contribution is 5.95. The molecule has 192 valence electrons. The zero-order valence-corrected chi connectivity index (χ0v) is 19.6. The molecule has 5 atom stereocenters. The number of anilines is 1. The van der Waals surface area contributed by atoms with Crippen molar-refractivity contribution in [3.63, 3.8) is 0 Å². The van der Waals surface area contributed by atoms with Crippen LogP contribution in [-0.2, 0) is 20.7 Å². The number of amides is 1. The van der Waals surface area contributed by atoms with Crippen LogP contribution < -0.4 is 15.8 Å². The largest absolute Gasteiger partial charge is 0.462 e. The Morgan fingerprint density at radius 2 is 1.89 bits per heavy atom. The molecule has 0 aliphatic carbocycles. The summed E-state index contributed by atoms with van der Waals surface area (Å²) in [7, 11) is 0. The van der Waals surface area contributed by atoms with Crippen molar-refractivity contribution < 1.29 is 39.1 Å². The fraction of sp³-hybridized carbons (Fsp3) is 0.360. The number of nitrogens with one attached hydrogen (secondary N) is 2. The lowest BCUT2D eigenvalue weighted by atomic mass is 9.99. The van der Waals surface area contributed by atoms with Crippen LogP contribution in [0.25, 0.3) is 10.9 Å². The number of rotatable bonds is 8. The monoisotopic (exact) mass is 499 g/mol. The summed E-state index contributed by atoms with van der Waals surface area (Å²) in [5, 5.41) is 34.8. The Kier molecular flexibility index (Phi) is 7.75. The number of esters is 1. The molecule has 0 spiro atoms. The molecule has 2 unspecified atom stereocenters. The van der Waals surface area contributed by atoms with Crippen LogP contribution in [-0.4, -0.2) is 76.0 Å². The smallest absolute Gasteiger partial charge is 0.340 e. The van der Waals surface area contributed by atoms with Gasteiger partial charge in [-0.05, 0) is 42.3 Å². The number of benzene rings is 2. The maximum atomic E-state index is 12.4. The number of hydrogen-bond acceptors (Lipinski definition) is 9. The maximum absolute atomic E-state index is 12.4. The lowest BCUT2D eigenvalue weighted by molar-refractivity contribution is -0.277. The Morgan fingerprint density at radius 3 is 2.64 bits per heavy atom. The van der Waals surface area contributed by atoms with E-state index < -0.39 is 43.3 Å². The Hall–Kier alpha value is -3.64. The van der Waals surface area contributed by atoms with E-state index >= 15 is 0 Å². The number of aromatic nitrogens is 1. The van der Waals surface area contributed by atoms with Gasteiger partial charge in [0.05, 0.1) is 5.56 Å². The number of H-pyrrole nitrogens is 1. The quantitative estimate of drug-likeness (QED) is 0.190. The van der Waals surface area contributed by atoms with Crippen molar-refractivity contribution in [2.75, 3.05) is 18.9 Å². The fourth-order valence-corrected chi connectivity index (χ4v) is 4.02. The van der Waals surface area contributed by atoms with Crippen LogP contribution in [0.15, 0.2) is 48.7 Å². The first kappa shape index (κ1) is 25.5. The van der Waals surface area contributed by atoms with Crippen molar-refractivity contribution >= 4 is 28.5 Å². The number of hydrogen-bond donors (Lipinski definition) is 6. The molecular weight excluding hydrogens is 470 g/mol. The van der Waals surface area contributed by atoms with Crippen LogP contribution in [0.3, 0.4) is 0 Å². The van der Waals surface area contributed by atoms with Crippen molar-refractivity contribution in [1.82, 2.24) is 10.3 Å². The lowest BCUT2D eigenvalue weighted by Gasteiger charge is -2.39. The normalized spacial score (nSPS) is 23.8. The minimum absolute atomic E-state index is 0.115. The number of aromatic amines is 1. The van der Waals surface area contributed by atoms with Gasteiger partial charge in [0.25, 0.3) is 0 Å². The number of carbonyl (C=O) groups is 2. The average Bonchev–Trinajstić information content (AvgIpc) is 3.25. The van der Waals surface area contributed by atoms with E-state index in [9.17, 15) is 24.9 Å². The molecule has 0 saturated carbocycles. The molecular formula is C25H29N3O8. The molecule has 1 aromatic heterocycles. The molecule has 11 heteroatoms. The van der Waals surface area contributed by atoms with Gasteiger partial charge in [0, 0.05) is 36.3 Å². The van der Waals surface area contributed by atoms with E-state index in [2.05, 4.69) is 10.3 Å². The molecule has 7 N–H and O–H groups in total. The van der Waals surface area contributed by atoms with Gasteiger partial charge in [-0.3, -0.25) is 4.79 Å². The van der Waals surface area contributed by atoms with Crippen LogP contribution >= 0.6 is 0 Å². The SMILES string of the molecule is CC(=O)NCCc1c[nH]c2ccc(O[C@@H]3OC(COC(=O)c4ccccc4N)[C@@H](O)[C@H](O)C3O)cc12. The van der Waals surface area contributed by atoms with Gasteiger partial charge in [-0.2, -0.15) is 0 Å². The number of nitrogen functional groups attached to an aromatic ring is 1. The number of fused-ring (bicyclic) bond motifs is 1. The van der Waals surface area contributed by atoms with Gasteiger partial charge in [-0.1, -0.05) is 12.1 Å². The van der Waals surface area contributed by atoms with Gasteiger partial charge < -0.3 is 45.6 Å². The van der Waals surface area contributed by atoms with E-state index in [0.717, 1.165) is 16.5 Å². The summed E-state index contributed by atoms with van der Waals surface area (Å²) >= 11 is 0. The number of ether oxygens (including phenoxy) is 3. The molecule has 1 amide bonds. The van der Waals surface area contributed by atoms with Gasteiger partial charge in [-0.15, -0.1) is 0 Å². The molecule has 1 fully saturated rings. The summed E-state index contributed by atoms with van der Waals surface area (Å²) in [4.78, 5) is 26.7.